The molecule has 0 fully saturated rings. The quantitative estimate of drug-likeness (QED) is 0.346. The number of nitro groups is 1. The number of carbonyl (C=O) groups excluding carboxylic acids is 1. The summed E-state index contributed by atoms with van der Waals surface area (Å²) in [7, 11) is 0. The van der Waals surface area contributed by atoms with Gasteiger partial charge in [0.2, 0.25) is 0 Å². The highest BCUT2D eigenvalue weighted by Gasteiger charge is 2.21. The highest BCUT2D eigenvalue weighted by molar-refractivity contribution is 9.10. The Kier molecular flexibility index (Phi) is 5.58. The number of nitrogens with two attached hydrogens (primary N) is 2. The average molecular weight is 409 g/mol. The van der Waals surface area contributed by atoms with Crippen molar-refractivity contribution in [1.82, 2.24) is 0 Å². The van der Waals surface area contributed by atoms with Gasteiger partial charge in [-0.2, -0.15) is 4.99 Å². The summed E-state index contributed by atoms with van der Waals surface area (Å²) in [6, 6.07) is 10.2. The summed E-state index contributed by atoms with van der Waals surface area (Å²) in [4.78, 5) is 27.5. The number of aliphatic imine (C=N–C) groups is 1. The number of nitrogens with zero attached hydrogens (tertiary/aromatic N) is 2. The second-order valence-electron chi connectivity index (χ2n) is 4.77. The molecule has 0 radical (unpaired) electrons. The summed E-state index contributed by atoms with van der Waals surface area (Å²) < 4.78 is 0.822. The van der Waals surface area contributed by atoms with Crippen LogP contribution in [0.15, 0.2) is 55.7 Å². The van der Waals surface area contributed by atoms with Crippen molar-refractivity contribution in [2.75, 3.05) is 0 Å². The fourth-order valence-electron chi connectivity index (χ4n) is 1.95. The van der Waals surface area contributed by atoms with Crippen LogP contribution in [0.5, 0.6) is 0 Å². The van der Waals surface area contributed by atoms with E-state index in [1.165, 1.54) is 17.8 Å². The molecule has 0 unspecified atom stereocenters. The van der Waals surface area contributed by atoms with Crippen molar-refractivity contribution in [2.24, 2.45) is 16.5 Å². The van der Waals surface area contributed by atoms with Gasteiger partial charge in [0.05, 0.1) is 15.4 Å². The lowest BCUT2D eigenvalue weighted by Gasteiger charge is -2.08. The van der Waals surface area contributed by atoms with Crippen LogP contribution in [0.2, 0.25) is 0 Å². The van der Waals surface area contributed by atoms with Gasteiger partial charge in [0.1, 0.15) is 0 Å². The zero-order valence-corrected chi connectivity index (χ0v) is 14.9. The van der Waals surface area contributed by atoms with E-state index in [9.17, 15) is 14.9 Å². The predicted molar refractivity (Wildman–Crippen MR) is 96.2 cm³/mol. The predicted octanol–water partition coefficient (Wildman–Crippen LogP) is 3.23. The van der Waals surface area contributed by atoms with Crippen LogP contribution in [-0.2, 0) is 0 Å². The second-order valence-corrected chi connectivity index (χ2v) is 6.70. The summed E-state index contributed by atoms with van der Waals surface area (Å²) in [6.07, 6.45) is 0. The Morgan fingerprint density at radius 3 is 2.50 bits per heavy atom. The van der Waals surface area contributed by atoms with E-state index in [1.54, 1.807) is 13.0 Å². The minimum atomic E-state index is -0.715. The van der Waals surface area contributed by atoms with Crippen molar-refractivity contribution in [3.63, 3.8) is 0 Å². The Hall–Kier alpha value is -2.39. The smallest absolute Gasteiger partial charge is 0.284 e. The van der Waals surface area contributed by atoms with Gasteiger partial charge in [0.25, 0.3) is 11.6 Å². The molecule has 0 atom stereocenters. The third-order valence-electron chi connectivity index (χ3n) is 3.02. The molecule has 124 valence electrons. The molecule has 0 bridgehead atoms. The lowest BCUT2D eigenvalue weighted by Crippen LogP contribution is -2.24. The lowest BCUT2D eigenvalue weighted by molar-refractivity contribution is -0.387. The summed E-state index contributed by atoms with van der Waals surface area (Å²) >= 11 is 4.64. The van der Waals surface area contributed by atoms with E-state index < -0.39 is 16.8 Å². The Morgan fingerprint density at radius 2 is 1.92 bits per heavy atom. The molecule has 7 nitrogen and oxygen atoms in total. The SMILES string of the molecule is Cc1cc(Sc2ccccc2Br)c([N+](=O)[O-])cc1C(=O)N=C(N)N. The second kappa shape index (κ2) is 7.45. The van der Waals surface area contributed by atoms with Gasteiger partial charge in [0, 0.05) is 15.4 Å². The molecule has 4 N–H and O–H groups in total. The van der Waals surface area contributed by atoms with Crippen molar-refractivity contribution in [1.29, 1.82) is 0 Å². The van der Waals surface area contributed by atoms with Gasteiger partial charge < -0.3 is 11.5 Å². The zero-order valence-electron chi connectivity index (χ0n) is 12.5. The van der Waals surface area contributed by atoms with Gasteiger partial charge in [-0.25, -0.2) is 0 Å². The molecule has 0 aliphatic heterocycles. The van der Waals surface area contributed by atoms with Gasteiger partial charge in [0.15, 0.2) is 5.96 Å². The maximum Gasteiger partial charge on any atom is 0.284 e. The van der Waals surface area contributed by atoms with Crippen LogP contribution in [0.3, 0.4) is 0 Å². The van der Waals surface area contributed by atoms with Gasteiger partial charge in [-0.15, -0.1) is 0 Å². The van der Waals surface area contributed by atoms with Gasteiger partial charge >= 0.3 is 0 Å². The van der Waals surface area contributed by atoms with E-state index in [0.717, 1.165) is 9.37 Å². The number of halogens is 1. The highest BCUT2D eigenvalue weighted by atomic mass is 79.9. The molecule has 2 rings (SSSR count). The molecular weight excluding hydrogens is 396 g/mol. The molecule has 2 aromatic rings. The molecule has 0 heterocycles. The number of carbonyl (C=O) groups is 1. The number of amides is 1. The van der Waals surface area contributed by atoms with E-state index >= 15 is 0 Å². The normalized spacial score (nSPS) is 10.2. The fourth-order valence-corrected chi connectivity index (χ4v) is 3.50. The van der Waals surface area contributed by atoms with Crippen LogP contribution in [0.1, 0.15) is 15.9 Å². The molecule has 0 spiro atoms. The number of hydrogen-bond donors (Lipinski definition) is 2. The summed E-state index contributed by atoms with van der Waals surface area (Å²) in [5.74, 6) is -1.11. The Morgan fingerprint density at radius 1 is 1.25 bits per heavy atom. The molecule has 0 aliphatic rings. The summed E-state index contributed by atoms with van der Waals surface area (Å²) in [5.41, 5.74) is 10.8. The first-order chi connectivity index (χ1) is 11.3. The first-order valence-corrected chi connectivity index (χ1v) is 8.26. The number of guanidine groups is 1. The Balaban J connectivity index is 2.52. The minimum absolute atomic E-state index is 0.0894. The first kappa shape index (κ1) is 18.0. The molecule has 1 amide bonds. The maximum absolute atomic E-state index is 12.0. The Bertz CT molecular complexity index is 851. The molecular formula is C15H13BrN4O3S. The standard InChI is InChI=1S/C15H13BrN4O3S/c1-8-6-13(24-12-5-3-2-4-10(12)16)11(20(22)23)7-9(8)14(21)19-15(17)18/h2-7H,1H3,(H4,17,18,19,21). The molecule has 9 heteroatoms. The van der Waals surface area contributed by atoms with Crippen LogP contribution in [0.25, 0.3) is 0 Å². The van der Waals surface area contributed by atoms with Crippen LogP contribution >= 0.6 is 27.7 Å². The topological polar surface area (TPSA) is 125 Å². The molecule has 2 aromatic carbocycles. The van der Waals surface area contributed by atoms with Crippen molar-refractivity contribution < 1.29 is 9.72 Å². The zero-order chi connectivity index (χ0) is 17.9. The fraction of sp³-hybridized carbons (Fsp3) is 0.0667. The molecule has 0 saturated carbocycles. The summed E-state index contributed by atoms with van der Waals surface area (Å²) in [5, 5.41) is 11.4. The van der Waals surface area contributed by atoms with Crippen molar-refractivity contribution in [3.05, 3.63) is 62.1 Å². The molecule has 24 heavy (non-hydrogen) atoms. The monoisotopic (exact) mass is 408 g/mol. The van der Waals surface area contributed by atoms with E-state index in [2.05, 4.69) is 20.9 Å². The van der Waals surface area contributed by atoms with E-state index in [-0.39, 0.29) is 11.3 Å². The maximum atomic E-state index is 12.0. The van der Waals surface area contributed by atoms with Crippen LogP contribution in [0, 0.1) is 17.0 Å². The minimum Gasteiger partial charge on any atom is -0.370 e. The van der Waals surface area contributed by atoms with Gasteiger partial charge in [-0.3, -0.25) is 14.9 Å². The largest absolute Gasteiger partial charge is 0.370 e. The van der Waals surface area contributed by atoms with Crippen LogP contribution in [0.4, 0.5) is 5.69 Å². The van der Waals surface area contributed by atoms with Crippen molar-refractivity contribution in [3.8, 4) is 0 Å². The number of rotatable bonds is 4. The average Bonchev–Trinajstić information content (AvgIpc) is 2.48. The van der Waals surface area contributed by atoms with Gasteiger partial charge in [-0.05, 0) is 46.6 Å². The first-order valence-electron chi connectivity index (χ1n) is 6.65. The molecule has 0 aromatic heterocycles. The third kappa shape index (κ3) is 4.12. The highest BCUT2D eigenvalue weighted by Crippen LogP contribution is 2.39. The van der Waals surface area contributed by atoms with Gasteiger partial charge in [-0.1, -0.05) is 23.9 Å². The van der Waals surface area contributed by atoms with Crippen LogP contribution < -0.4 is 11.5 Å². The van der Waals surface area contributed by atoms with E-state index in [1.807, 2.05) is 24.3 Å². The number of aryl methyl sites for hydroxylation is 1. The number of benzene rings is 2. The van der Waals surface area contributed by atoms with E-state index in [4.69, 9.17) is 11.5 Å². The molecule has 0 aliphatic carbocycles. The van der Waals surface area contributed by atoms with Crippen molar-refractivity contribution >= 4 is 45.2 Å². The van der Waals surface area contributed by atoms with E-state index in [0.29, 0.717) is 10.5 Å². The van der Waals surface area contributed by atoms with Crippen molar-refractivity contribution in [2.45, 2.75) is 16.7 Å². The number of hydrogen-bond acceptors (Lipinski definition) is 4. The summed E-state index contributed by atoms with van der Waals surface area (Å²) in [6.45, 7) is 1.67. The lowest BCUT2D eigenvalue weighted by atomic mass is 10.1. The third-order valence-corrected chi connectivity index (χ3v) is 5.10. The molecule has 0 saturated heterocycles. The number of nitro benzene ring substituents is 1. The van der Waals surface area contributed by atoms with Crippen LogP contribution in [-0.4, -0.2) is 16.8 Å². The Labute approximate surface area is 150 Å².